The molecule has 1 aliphatic carbocycles. The first-order valence-corrected chi connectivity index (χ1v) is 6.46. The Balaban J connectivity index is 1.87. The maximum absolute atomic E-state index is 5.90. The molecule has 1 saturated carbocycles. The highest BCUT2D eigenvalue weighted by Gasteiger charge is 2.35. The van der Waals surface area contributed by atoms with E-state index in [0.717, 1.165) is 16.3 Å². The van der Waals surface area contributed by atoms with Crippen LogP contribution in [-0.2, 0) is 0 Å². The summed E-state index contributed by atoms with van der Waals surface area (Å²) in [5.41, 5.74) is 1.32. The van der Waals surface area contributed by atoms with Crippen molar-refractivity contribution in [1.29, 1.82) is 0 Å². The molecule has 3 unspecified atom stereocenters. The fraction of sp³-hybridized carbons (Fsp3) is 0.636. The van der Waals surface area contributed by atoms with Crippen LogP contribution in [0.3, 0.4) is 0 Å². The number of thiophene rings is 1. The van der Waals surface area contributed by atoms with E-state index in [4.69, 9.17) is 11.6 Å². The van der Waals surface area contributed by atoms with E-state index >= 15 is 0 Å². The van der Waals surface area contributed by atoms with E-state index in [1.807, 2.05) is 0 Å². The van der Waals surface area contributed by atoms with Crippen LogP contribution in [0.15, 0.2) is 11.4 Å². The van der Waals surface area contributed by atoms with Gasteiger partial charge in [-0.25, -0.2) is 0 Å². The normalized spacial score (nSPS) is 27.6. The third-order valence-electron chi connectivity index (χ3n) is 3.00. The van der Waals surface area contributed by atoms with Gasteiger partial charge in [-0.05, 0) is 36.3 Å². The minimum atomic E-state index is 0.445. The Morgan fingerprint density at radius 2 is 2.50 bits per heavy atom. The number of halogens is 1. The minimum absolute atomic E-state index is 0.445. The van der Waals surface area contributed by atoms with Crippen LogP contribution in [-0.4, -0.2) is 6.04 Å². The van der Waals surface area contributed by atoms with Crippen molar-refractivity contribution in [1.82, 2.24) is 5.32 Å². The molecule has 1 fully saturated rings. The Morgan fingerprint density at radius 1 is 1.71 bits per heavy atom. The fourth-order valence-corrected chi connectivity index (χ4v) is 2.86. The summed E-state index contributed by atoms with van der Waals surface area (Å²) in [4.78, 5) is 0. The van der Waals surface area contributed by atoms with Crippen LogP contribution >= 0.6 is 22.9 Å². The van der Waals surface area contributed by atoms with Crippen LogP contribution in [0.1, 0.15) is 38.3 Å². The summed E-state index contributed by atoms with van der Waals surface area (Å²) in [6, 6.07) is 3.25. The summed E-state index contributed by atoms with van der Waals surface area (Å²) in [6.45, 7) is 4.47. The monoisotopic (exact) mass is 229 g/mol. The van der Waals surface area contributed by atoms with E-state index in [1.165, 1.54) is 18.4 Å². The molecular weight excluding hydrogens is 214 g/mol. The van der Waals surface area contributed by atoms with Gasteiger partial charge in [-0.3, -0.25) is 0 Å². The molecule has 0 saturated heterocycles. The molecule has 1 N–H and O–H groups in total. The highest BCUT2D eigenvalue weighted by atomic mass is 35.5. The van der Waals surface area contributed by atoms with Crippen molar-refractivity contribution in [2.24, 2.45) is 5.92 Å². The second-order valence-corrected chi connectivity index (χ2v) is 5.63. The summed E-state index contributed by atoms with van der Waals surface area (Å²) in [5.74, 6) is 0.909. The zero-order valence-corrected chi connectivity index (χ0v) is 10.2. The van der Waals surface area contributed by atoms with Crippen LogP contribution in [0, 0.1) is 5.92 Å². The SMILES string of the molecule is CCC1CC1NC(C)c1csc(Cl)c1. The second-order valence-electron chi connectivity index (χ2n) is 4.08. The third kappa shape index (κ3) is 2.30. The first-order valence-electron chi connectivity index (χ1n) is 5.20. The number of hydrogen-bond donors (Lipinski definition) is 1. The van der Waals surface area contributed by atoms with Gasteiger partial charge in [0.15, 0.2) is 0 Å². The van der Waals surface area contributed by atoms with Crippen LogP contribution in [0.25, 0.3) is 0 Å². The summed E-state index contributed by atoms with van der Waals surface area (Å²) >= 11 is 7.52. The highest BCUT2D eigenvalue weighted by molar-refractivity contribution is 7.14. The minimum Gasteiger partial charge on any atom is -0.307 e. The Morgan fingerprint density at radius 3 is 3.00 bits per heavy atom. The lowest BCUT2D eigenvalue weighted by atomic mass is 10.2. The zero-order chi connectivity index (χ0) is 10.1. The maximum Gasteiger partial charge on any atom is 0.0931 e. The van der Waals surface area contributed by atoms with Gasteiger partial charge in [-0.1, -0.05) is 24.9 Å². The van der Waals surface area contributed by atoms with Crippen LogP contribution in [0.5, 0.6) is 0 Å². The highest BCUT2D eigenvalue weighted by Crippen LogP contribution is 2.35. The summed E-state index contributed by atoms with van der Waals surface area (Å²) in [5, 5.41) is 5.77. The Labute approximate surface area is 94.5 Å². The van der Waals surface area contributed by atoms with E-state index in [0.29, 0.717) is 6.04 Å². The molecule has 3 atom stereocenters. The zero-order valence-electron chi connectivity index (χ0n) is 8.59. The molecule has 1 aliphatic rings. The molecule has 0 spiro atoms. The van der Waals surface area contributed by atoms with Crippen molar-refractivity contribution in [2.45, 2.75) is 38.8 Å². The Bertz CT molecular complexity index is 310. The van der Waals surface area contributed by atoms with E-state index in [2.05, 4.69) is 30.6 Å². The average Bonchev–Trinajstić information content (AvgIpc) is 2.77. The van der Waals surface area contributed by atoms with E-state index < -0.39 is 0 Å². The molecule has 0 radical (unpaired) electrons. The maximum atomic E-state index is 5.90. The fourth-order valence-electron chi connectivity index (χ4n) is 1.87. The molecule has 1 heterocycles. The average molecular weight is 230 g/mol. The second kappa shape index (κ2) is 4.21. The van der Waals surface area contributed by atoms with Crippen LogP contribution in [0.2, 0.25) is 4.34 Å². The van der Waals surface area contributed by atoms with Crippen molar-refractivity contribution in [2.75, 3.05) is 0 Å². The standard InChI is InChI=1S/C11H16ClNS/c1-3-8-4-10(8)13-7(2)9-5-11(12)14-6-9/h5-8,10,13H,3-4H2,1-2H3. The topological polar surface area (TPSA) is 12.0 Å². The lowest BCUT2D eigenvalue weighted by Gasteiger charge is -2.11. The molecule has 78 valence electrons. The van der Waals surface area contributed by atoms with Crippen molar-refractivity contribution in [3.63, 3.8) is 0 Å². The molecule has 14 heavy (non-hydrogen) atoms. The van der Waals surface area contributed by atoms with Gasteiger partial charge in [0.1, 0.15) is 0 Å². The van der Waals surface area contributed by atoms with Crippen molar-refractivity contribution in [3.05, 3.63) is 21.3 Å². The van der Waals surface area contributed by atoms with Crippen LogP contribution in [0.4, 0.5) is 0 Å². The van der Waals surface area contributed by atoms with Crippen molar-refractivity contribution < 1.29 is 0 Å². The number of rotatable bonds is 4. The molecule has 2 rings (SSSR count). The Kier molecular flexibility index (Phi) is 3.15. The smallest absolute Gasteiger partial charge is 0.0931 e. The largest absolute Gasteiger partial charge is 0.307 e. The molecule has 1 aromatic rings. The van der Waals surface area contributed by atoms with Gasteiger partial charge >= 0.3 is 0 Å². The quantitative estimate of drug-likeness (QED) is 0.827. The summed E-state index contributed by atoms with van der Waals surface area (Å²) < 4.78 is 0.886. The third-order valence-corrected chi connectivity index (χ3v) is 4.11. The molecule has 0 bridgehead atoms. The predicted octanol–water partition coefficient (Wildman–Crippen LogP) is 3.85. The first kappa shape index (κ1) is 10.5. The van der Waals surface area contributed by atoms with Gasteiger partial charge in [0.25, 0.3) is 0 Å². The van der Waals surface area contributed by atoms with Crippen molar-refractivity contribution >= 4 is 22.9 Å². The molecular formula is C11H16ClNS. The molecule has 0 aromatic carbocycles. The lowest BCUT2D eigenvalue weighted by Crippen LogP contribution is -2.21. The van der Waals surface area contributed by atoms with Crippen LogP contribution < -0.4 is 5.32 Å². The van der Waals surface area contributed by atoms with Gasteiger partial charge in [-0.2, -0.15) is 0 Å². The van der Waals surface area contributed by atoms with Gasteiger partial charge in [-0.15, -0.1) is 11.3 Å². The Hall–Kier alpha value is -0.0500. The number of nitrogens with one attached hydrogen (secondary N) is 1. The van der Waals surface area contributed by atoms with Gasteiger partial charge < -0.3 is 5.32 Å². The molecule has 3 heteroatoms. The van der Waals surface area contributed by atoms with E-state index in [-0.39, 0.29) is 0 Å². The number of hydrogen-bond acceptors (Lipinski definition) is 2. The van der Waals surface area contributed by atoms with E-state index in [9.17, 15) is 0 Å². The molecule has 0 amide bonds. The molecule has 1 aromatic heterocycles. The van der Waals surface area contributed by atoms with Gasteiger partial charge in [0.2, 0.25) is 0 Å². The summed E-state index contributed by atoms with van der Waals surface area (Å²) in [6.07, 6.45) is 2.65. The first-order chi connectivity index (χ1) is 6.70. The van der Waals surface area contributed by atoms with Crippen molar-refractivity contribution in [3.8, 4) is 0 Å². The van der Waals surface area contributed by atoms with E-state index in [1.54, 1.807) is 11.3 Å². The lowest BCUT2D eigenvalue weighted by molar-refractivity contribution is 0.540. The van der Waals surface area contributed by atoms with Gasteiger partial charge in [0, 0.05) is 12.1 Å². The van der Waals surface area contributed by atoms with Gasteiger partial charge in [0.05, 0.1) is 4.34 Å². The predicted molar refractivity (Wildman–Crippen MR) is 63.1 cm³/mol. The molecule has 1 nitrogen and oxygen atoms in total. The summed E-state index contributed by atoms with van der Waals surface area (Å²) in [7, 11) is 0. The molecule has 0 aliphatic heterocycles.